The highest BCUT2D eigenvalue weighted by molar-refractivity contribution is 4.96. The predicted molar refractivity (Wildman–Crippen MR) is 63.0 cm³/mol. The molecule has 15 heavy (non-hydrogen) atoms. The first-order chi connectivity index (χ1) is 7.20. The maximum Gasteiger partial charge on any atom is 0.0593 e. The fourth-order valence-electron chi connectivity index (χ4n) is 3.32. The van der Waals surface area contributed by atoms with Crippen LogP contribution in [-0.4, -0.2) is 24.8 Å². The van der Waals surface area contributed by atoms with Gasteiger partial charge in [-0.05, 0) is 51.0 Å². The SMILES string of the molecule is CC(C)CC1(CC2CCCO2)CCCN1. The van der Waals surface area contributed by atoms with Crippen LogP contribution in [0.3, 0.4) is 0 Å². The van der Waals surface area contributed by atoms with E-state index in [-0.39, 0.29) is 0 Å². The highest BCUT2D eigenvalue weighted by Crippen LogP contribution is 2.34. The van der Waals surface area contributed by atoms with E-state index in [1.165, 1.54) is 45.1 Å². The number of hydrogen-bond donors (Lipinski definition) is 1. The number of nitrogens with one attached hydrogen (secondary N) is 1. The summed E-state index contributed by atoms with van der Waals surface area (Å²) in [5.41, 5.74) is 0.406. The highest BCUT2D eigenvalue weighted by Gasteiger charge is 2.37. The maximum absolute atomic E-state index is 5.78. The summed E-state index contributed by atoms with van der Waals surface area (Å²) in [5.74, 6) is 0.789. The zero-order valence-corrected chi connectivity index (χ0v) is 10.2. The molecular weight excluding hydrogens is 186 g/mol. The van der Waals surface area contributed by atoms with Crippen molar-refractivity contribution in [3.63, 3.8) is 0 Å². The van der Waals surface area contributed by atoms with Gasteiger partial charge in [0.2, 0.25) is 0 Å². The van der Waals surface area contributed by atoms with Gasteiger partial charge in [0.25, 0.3) is 0 Å². The average Bonchev–Trinajstić information content (AvgIpc) is 2.76. The first-order valence-corrected chi connectivity index (χ1v) is 6.57. The van der Waals surface area contributed by atoms with Crippen molar-refractivity contribution in [1.29, 1.82) is 0 Å². The van der Waals surface area contributed by atoms with Gasteiger partial charge in [-0.25, -0.2) is 0 Å². The van der Waals surface area contributed by atoms with Gasteiger partial charge >= 0.3 is 0 Å². The summed E-state index contributed by atoms with van der Waals surface area (Å²) in [4.78, 5) is 0. The van der Waals surface area contributed by atoms with Crippen LogP contribution in [0.4, 0.5) is 0 Å². The molecule has 0 aromatic heterocycles. The molecule has 2 nitrogen and oxygen atoms in total. The van der Waals surface area contributed by atoms with Gasteiger partial charge in [0.15, 0.2) is 0 Å². The second kappa shape index (κ2) is 4.84. The van der Waals surface area contributed by atoms with Crippen LogP contribution in [0.15, 0.2) is 0 Å². The third-order valence-electron chi connectivity index (χ3n) is 3.77. The average molecular weight is 211 g/mol. The molecule has 2 fully saturated rings. The number of rotatable bonds is 4. The molecule has 0 bridgehead atoms. The zero-order valence-electron chi connectivity index (χ0n) is 10.2. The van der Waals surface area contributed by atoms with Gasteiger partial charge in [-0.2, -0.15) is 0 Å². The lowest BCUT2D eigenvalue weighted by Crippen LogP contribution is -2.43. The molecule has 2 rings (SSSR count). The molecule has 2 heteroatoms. The monoisotopic (exact) mass is 211 g/mol. The van der Waals surface area contributed by atoms with Crippen molar-refractivity contribution < 1.29 is 4.74 Å². The first-order valence-electron chi connectivity index (χ1n) is 6.57. The Balaban J connectivity index is 1.92. The Labute approximate surface area is 93.8 Å². The summed E-state index contributed by atoms with van der Waals surface area (Å²) < 4.78 is 5.78. The fourth-order valence-corrected chi connectivity index (χ4v) is 3.32. The second-order valence-corrected chi connectivity index (χ2v) is 5.75. The predicted octanol–water partition coefficient (Wildman–Crippen LogP) is 2.72. The summed E-state index contributed by atoms with van der Waals surface area (Å²) in [7, 11) is 0. The van der Waals surface area contributed by atoms with Crippen molar-refractivity contribution in [2.75, 3.05) is 13.2 Å². The molecule has 1 N–H and O–H groups in total. The van der Waals surface area contributed by atoms with Gasteiger partial charge < -0.3 is 10.1 Å². The molecular formula is C13H25NO. The molecule has 0 amide bonds. The molecule has 0 aliphatic carbocycles. The van der Waals surface area contributed by atoms with Crippen molar-refractivity contribution in [1.82, 2.24) is 5.32 Å². The summed E-state index contributed by atoms with van der Waals surface area (Å²) in [6, 6.07) is 0. The Morgan fingerprint density at radius 2 is 2.27 bits per heavy atom. The van der Waals surface area contributed by atoms with Crippen LogP contribution in [0.1, 0.15) is 52.4 Å². The van der Waals surface area contributed by atoms with Crippen LogP contribution >= 0.6 is 0 Å². The van der Waals surface area contributed by atoms with Gasteiger partial charge in [-0.15, -0.1) is 0 Å². The van der Waals surface area contributed by atoms with Crippen molar-refractivity contribution in [2.45, 2.75) is 64.0 Å². The fraction of sp³-hybridized carbons (Fsp3) is 1.00. The van der Waals surface area contributed by atoms with Gasteiger partial charge in [-0.3, -0.25) is 0 Å². The van der Waals surface area contributed by atoms with E-state index < -0.39 is 0 Å². The first kappa shape index (κ1) is 11.4. The summed E-state index contributed by atoms with van der Waals surface area (Å²) in [6.45, 7) is 6.86. The molecule has 0 aromatic rings. The van der Waals surface area contributed by atoms with Gasteiger partial charge in [-0.1, -0.05) is 13.8 Å². The zero-order chi connectivity index (χ0) is 10.7. The minimum Gasteiger partial charge on any atom is -0.378 e. The Bertz CT molecular complexity index is 191. The van der Waals surface area contributed by atoms with Crippen molar-refractivity contribution >= 4 is 0 Å². The minimum absolute atomic E-state index is 0.406. The van der Waals surface area contributed by atoms with E-state index in [0.29, 0.717) is 11.6 Å². The largest absolute Gasteiger partial charge is 0.378 e. The highest BCUT2D eigenvalue weighted by atomic mass is 16.5. The maximum atomic E-state index is 5.78. The van der Waals surface area contributed by atoms with E-state index in [9.17, 15) is 0 Å². The van der Waals surface area contributed by atoms with Crippen LogP contribution in [0.25, 0.3) is 0 Å². The van der Waals surface area contributed by atoms with E-state index in [2.05, 4.69) is 19.2 Å². The molecule has 2 saturated heterocycles. The molecule has 2 aliphatic rings. The van der Waals surface area contributed by atoms with Crippen LogP contribution in [0.5, 0.6) is 0 Å². The van der Waals surface area contributed by atoms with E-state index in [1.807, 2.05) is 0 Å². The topological polar surface area (TPSA) is 21.3 Å². The van der Waals surface area contributed by atoms with Gasteiger partial charge in [0, 0.05) is 12.1 Å². The van der Waals surface area contributed by atoms with Crippen LogP contribution in [-0.2, 0) is 4.74 Å². The van der Waals surface area contributed by atoms with Gasteiger partial charge in [0.05, 0.1) is 6.10 Å². The number of ether oxygens (including phenoxy) is 1. The summed E-state index contributed by atoms with van der Waals surface area (Å²) in [6.07, 6.45) is 8.33. The summed E-state index contributed by atoms with van der Waals surface area (Å²) >= 11 is 0. The van der Waals surface area contributed by atoms with Crippen molar-refractivity contribution in [3.05, 3.63) is 0 Å². The minimum atomic E-state index is 0.406. The van der Waals surface area contributed by atoms with E-state index in [4.69, 9.17) is 4.74 Å². The molecule has 88 valence electrons. The van der Waals surface area contributed by atoms with Crippen LogP contribution in [0, 0.1) is 5.92 Å². The van der Waals surface area contributed by atoms with E-state index in [1.54, 1.807) is 0 Å². The standard InChI is InChI=1S/C13H25NO/c1-11(2)9-13(6-4-7-14-13)10-12-5-3-8-15-12/h11-12,14H,3-10H2,1-2H3. The van der Waals surface area contributed by atoms with Crippen molar-refractivity contribution in [3.8, 4) is 0 Å². The molecule has 2 unspecified atom stereocenters. The van der Waals surface area contributed by atoms with E-state index >= 15 is 0 Å². The van der Waals surface area contributed by atoms with Crippen LogP contribution < -0.4 is 5.32 Å². The molecule has 0 spiro atoms. The third-order valence-corrected chi connectivity index (χ3v) is 3.77. The smallest absolute Gasteiger partial charge is 0.0593 e. The molecule has 0 radical (unpaired) electrons. The van der Waals surface area contributed by atoms with Crippen LogP contribution in [0.2, 0.25) is 0 Å². The molecule has 2 atom stereocenters. The summed E-state index contributed by atoms with van der Waals surface area (Å²) in [5, 5.41) is 3.75. The lowest BCUT2D eigenvalue weighted by atomic mass is 9.82. The number of hydrogen-bond acceptors (Lipinski definition) is 2. The Morgan fingerprint density at radius 1 is 1.40 bits per heavy atom. The molecule has 2 aliphatic heterocycles. The van der Waals surface area contributed by atoms with E-state index in [0.717, 1.165) is 12.5 Å². The van der Waals surface area contributed by atoms with Gasteiger partial charge in [0.1, 0.15) is 0 Å². The lowest BCUT2D eigenvalue weighted by Gasteiger charge is -2.33. The second-order valence-electron chi connectivity index (χ2n) is 5.75. The molecule has 0 saturated carbocycles. The third kappa shape index (κ3) is 2.94. The molecule has 0 aromatic carbocycles. The molecule has 2 heterocycles. The van der Waals surface area contributed by atoms with Crippen molar-refractivity contribution in [2.24, 2.45) is 5.92 Å². The normalized spacial score (nSPS) is 36.6. The lowest BCUT2D eigenvalue weighted by molar-refractivity contribution is 0.0733. The Kier molecular flexibility index (Phi) is 3.68. The quantitative estimate of drug-likeness (QED) is 0.772. The Hall–Kier alpha value is -0.0800. The Morgan fingerprint density at radius 3 is 2.80 bits per heavy atom.